The summed E-state index contributed by atoms with van der Waals surface area (Å²) in [5.74, 6) is 0.487. The first-order chi connectivity index (χ1) is 9.58. The summed E-state index contributed by atoms with van der Waals surface area (Å²) in [6.45, 7) is 4.35. The van der Waals surface area contributed by atoms with Crippen LogP contribution in [0.5, 0.6) is 5.75 Å². The lowest BCUT2D eigenvalue weighted by Gasteiger charge is -2.21. The Balaban J connectivity index is 2.49. The fourth-order valence-corrected chi connectivity index (χ4v) is 2.27. The molecule has 0 fully saturated rings. The maximum atomic E-state index is 11.4. The molecule has 0 aliphatic carbocycles. The number of hydrogen-bond acceptors (Lipinski definition) is 3. The van der Waals surface area contributed by atoms with Gasteiger partial charge in [0.05, 0.1) is 16.6 Å². The number of carbonyl (C=O) groups excluding carboxylic acids is 1. The second-order valence-electron chi connectivity index (χ2n) is 4.35. The van der Waals surface area contributed by atoms with E-state index in [1.54, 1.807) is 25.2 Å². The fraction of sp³-hybridized carbons (Fsp3) is 0.500. The highest BCUT2D eigenvalue weighted by Crippen LogP contribution is 2.32. The van der Waals surface area contributed by atoms with Crippen LogP contribution in [0.15, 0.2) is 18.2 Å². The smallest absolute Gasteiger partial charge is 0.233 e. The molecule has 0 atom stereocenters. The van der Waals surface area contributed by atoms with Crippen molar-refractivity contribution in [2.24, 2.45) is 0 Å². The highest BCUT2D eigenvalue weighted by molar-refractivity contribution is 6.37. The van der Waals surface area contributed by atoms with E-state index in [1.807, 2.05) is 4.90 Å². The van der Waals surface area contributed by atoms with E-state index in [-0.39, 0.29) is 5.91 Å². The number of hydrogen-bond donors (Lipinski definition) is 1. The third-order valence-electron chi connectivity index (χ3n) is 2.76. The molecule has 0 unspecified atom stereocenters. The minimum absolute atomic E-state index is 0.00535. The molecule has 1 aromatic carbocycles. The van der Waals surface area contributed by atoms with Gasteiger partial charge in [0, 0.05) is 13.6 Å². The summed E-state index contributed by atoms with van der Waals surface area (Å²) in [5, 5.41) is 3.60. The van der Waals surface area contributed by atoms with Crippen LogP contribution < -0.4 is 10.1 Å². The number of para-hydroxylation sites is 1. The summed E-state index contributed by atoms with van der Waals surface area (Å²) >= 11 is 12.1. The quantitative estimate of drug-likeness (QED) is 0.801. The van der Waals surface area contributed by atoms with Gasteiger partial charge in [-0.25, -0.2) is 0 Å². The van der Waals surface area contributed by atoms with Crippen LogP contribution in [-0.2, 0) is 4.79 Å². The Morgan fingerprint density at radius 1 is 1.30 bits per heavy atom. The van der Waals surface area contributed by atoms with Crippen molar-refractivity contribution in [2.75, 3.05) is 33.3 Å². The predicted octanol–water partition coefficient (Wildman–Crippen LogP) is 2.83. The number of carbonyl (C=O) groups is 1. The summed E-state index contributed by atoms with van der Waals surface area (Å²) < 4.78 is 5.62. The molecule has 0 saturated heterocycles. The Kier molecular flexibility index (Phi) is 7.73. The van der Waals surface area contributed by atoms with Gasteiger partial charge in [0.25, 0.3) is 0 Å². The van der Waals surface area contributed by atoms with Crippen molar-refractivity contribution < 1.29 is 9.53 Å². The van der Waals surface area contributed by atoms with Crippen LogP contribution in [-0.4, -0.2) is 44.1 Å². The van der Waals surface area contributed by atoms with Gasteiger partial charge < -0.3 is 10.1 Å². The fourth-order valence-electron chi connectivity index (χ4n) is 1.77. The van der Waals surface area contributed by atoms with E-state index in [0.717, 1.165) is 13.0 Å². The van der Waals surface area contributed by atoms with E-state index in [2.05, 4.69) is 12.2 Å². The first kappa shape index (κ1) is 17.1. The Bertz CT molecular complexity index is 421. The average Bonchev–Trinajstić information content (AvgIpc) is 2.42. The van der Waals surface area contributed by atoms with Crippen molar-refractivity contribution in [3.8, 4) is 5.75 Å². The molecule has 6 heteroatoms. The van der Waals surface area contributed by atoms with Gasteiger partial charge in [-0.05, 0) is 25.1 Å². The standard InChI is InChI=1S/C14H20Cl2N2O2/c1-3-7-18(10-13(19)17-2)8-9-20-14-11(15)5-4-6-12(14)16/h4-6H,3,7-10H2,1-2H3,(H,17,19). The van der Waals surface area contributed by atoms with Gasteiger partial charge >= 0.3 is 0 Å². The van der Waals surface area contributed by atoms with Crippen molar-refractivity contribution in [2.45, 2.75) is 13.3 Å². The molecule has 4 nitrogen and oxygen atoms in total. The second-order valence-corrected chi connectivity index (χ2v) is 5.16. The zero-order valence-electron chi connectivity index (χ0n) is 11.8. The molecule has 0 aromatic heterocycles. The van der Waals surface area contributed by atoms with Gasteiger partial charge in [-0.3, -0.25) is 9.69 Å². The van der Waals surface area contributed by atoms with Crippen LogP contribution in [0.25, 0.3) is 0 Å². The highest BCUT2D eigenvalue weighted by Gasteiger charge is 2.10. The molecule has 0 heterocycles. The van der Waals surface area contributed by atoms with Crippen LogP contribution in [0, 0.1) is 0 Å². The molecule has 0 aliphatic rings. The van der Waals surface area contributed by atoms with Gasteiger partial charge in [-0.2, -0.15) is 0 Å². The summed E-state index contributed by atoms with van der Waals surface area (Å²) in [6.07, 6.45) is 0.976. The number of benzene rings is 1. The molecular formula is C14H20Cl2N2O2. The number of ether oxygens (including phenoxy) is 1. The van der Waals surface area contributed by atoms with Crippen molar-refractivity contribution >= 4 is 29.1 Å². The molecule has 1 N–H and O–H groups in total. The number of nitrogens with zero attached hydrogens (tertiary/aromatic N) is 1. The van der Waals surface area contributed by atoms with Crippen LogP contribution >= 0.6 is 23.2 Å². The first-order valence-corrected chi connectivity index (χ1v) is 7.33. The highest BCUT2D eigenvalue weighted by atomic mass is 35.5. The van der Waals surface area contributed by atoms with Crippen LogP contribution in [0.3, 0.4) is 0 Å². The van der Waals surface area contributed by atoms with E-state index in [9.17, 15) is 4.79 Å². The van der Waals surface area contributed by atoms with E-state index in [0.29, 0.717) is 35.5 Å². The van der Waals surface area contributed by atoms with E-state index in [4.69, 9.17) is 27.9 Å². The Hall–Kier alpha value is -0.970. The number of likely N-dealkylation sites (N-methyl/N-ethyl adjacent to an activating group) is 1. The van der Waals surface area contributed by atoms with E-state index >= 15 is 0 Å². The third-order valence-corrected chi connectivity index (χ3v) is 3.35. The van der Waals surface area contributed by atoms with Crippen LogP contribution in [0.2, 0.25) is 10.0 Å². The van der Waals surface area contributed by atoms with E-state index in [1.165, 1.54) is 0 Å². The van der Waals surface area contributed by atoms with Gasteiger partial charge in [-0.15, -0.1) is 0 Å². The van der Waals surface area contributed by atoms with Crippen molar-refractivity contribution in [3.63, 3.8) is 0 Å². The van der Waals surface area contributed by atoms with Crippen molar-refractivity contribution in [1.29, 1.82) is 0 Å². The Labute approximate surface area is 130 Å². The minimum Gasteiger partial charge on any atom is -0.489 e. The lowest BCUT2D eigenvalue weighted by molar-refractivity contribution is -0.121. The number of halogens is 2. The molecule has 1 amide bonds. The lowest BCUT2D eigenvalue weighted by Crippen LogP contribution is -2.38. The molecule has 0 aliphatic heterocycles. The zero-order chi connectivity index (χ0) is 15.0. The third kappa shape index (κ3) is 5.57. The van der Waals surface area contributed by atoms with Crippen LogP contribution in [0.1, 0.15) is 13.3 Å². The zero-order valence-corrected chi connectivity index (χ0v) is 13.3. The Morgan fingerprint density at radius 2 is 1.95 bits per heavy atom. The van der Waals surface area contributed by atoms with Gasteiger partial charge in [-0.1, -0.05) is 36.2 Å². The number of nitrogens with one attached hydrogen (secondary N) is 1. The molecule has 0 radical (unpaired) electrons. The van der Waals surface area contributed by atoms with E-state index < -0.39 is 0 Å². The molecule has 0 spiro atoms. The summed E-state index contributed by atoms with van der Waals surface area (Å²) in [7, 11) is 1.63. The topological polar surface area (TPSA) is 41.6 Å². The van der Waals surface area contributed by atoms with Gasteiger partial charge in [0.2, 0.25) is 5.91 Å². The second kappa shape index (κ2) is 9.06. The molecule has 112 valence electrons. The maximum absolute atomic E-state index is 11.4. The molecular weight excluding hydrogens is 299 g/mol. The monoisotopic (exact) mass is 318 g/mol. The lowest BCUT2D eigenvalue weighted by atomic mass is 10.3. The average molecular weight is 319 g/mol. The van der Waals surface area contributed by atoms with Crippen LogP contribution in [0.4, 0.5) is 0 Å². The van der Waals surface area contributed by atoms with Crippen molar-refractivity contribution in [1.82, 2.24) is 10.2 Å². The van der Waals surface area contributed by atoms with Gasteiger partial charge in [0.1, 0.15) is 6.61 Å². The summed E-state index contributed by atoms with van der Waals surface area (Å²) in [6, 6.07) is 5.24. The maximum Gasteiger partial charge on any atom is 0.233 e. The van der Waals surface area contributed by atoms with Gasteiger partial charge in [0.15, 0.2) is 5.75 Å². The first-order valence-electron chi connectivity index (χ1n) is 6.58. The molecule has 0 saturated carbocycles. The molecule has 0 bridgehead atoms. The largest absolute Gasteiger partial charge is 0.489 e. The predicted molar refractivity (Wildman–Crippen MR) is 82.8 cm³/mol. The SMILES string of the molecule is CCCN(CCOc1c(Cl)cccc1Cl)CC(=O)NC. The normalized spacial score (nSPS) is 10.7. The van der Waals surface area contributed by atoms with Crippen molar-refractivity contribution in [3.05, 3.63) is 28.2 Å². The molecule has 1 aromatic rings. The molecule has 1 rings (SSSR count). The number of amides is 1. The summed E-state index contributed by atoms with van der Waals surface area (Å²) in [5.41, 5.74) is 0. The minimum atomic E-state index is -0.00535. The Morgan fingerprint density at radius 3 is 2.50 bits per heavy atom. The molecule has 20 heavy (non-hydrogen) atoms. The summed E-state index contributed by atoms with van der Waals surface area (Å²) in [4.78, 5) is 13.4. The number of rotatable bonds is 8.